The Kier molecular flexibility index (Phi) is 4.22. The molecule has 0 bridgehead atoms. The van der Waals surface area contributed by atoms with Gasteiger partial charge in [-0.05, 0) is 46.6 Å². The van der Waals surface area contributed by atoms with Crippen molar-refractivity contribution in [3.05, 3.63) is 62.8 Å². The number of nitrogens with one attached hydrogen (secondary N) is 1. The summed E-state index contributed by atoms with van der Waals surface area (Å²) in [6, 6.07) is 9.62. The highest BCUT2D eigenvalue weighted by Crippen LogP contribution is 2.27. The molecule has 0 aliphatic carbocycles. The van der Waals surface area contributed by atoms with Crippen LogP contribution >= 0.6 is 27.5 Å². The van der Waals surface area contributed by atoms with E-state index in [4.69, 9.17) is 11.6 Å². The Balaban J connectivity index is 2.31. The van der Waals surface area contributed by atoms with Crippen LogP contribution in [0, 0.1) is 12.7 Å². The number of hydrogen-bond acceptors (Lipinski definition) is 1. The summed E-state index contributed by atoms with van der Waals surface area (Å²) >= 11 is 9.17. The van der Waals surface area contributed by atoms with Gasteiger partial charge < -0.3 is 5.32 Å². The third-order valence-corrected chi connectivity index (χ3v) is 4.07. The van der Waals surface area contributed by atoms with Crippen molar-refractivity contribution in [1.29, 1.82) is 0 Å². The van der Waals surface area contributed by atoms with Gasteiger partial charge in [0.1, 0.15) is 5.82 Å². The minimum absolute atomic E-state index is 0.107. The molecular weight excluding hydrogens is 333 g/mol. The van der Waals surface area contributed by atoms with Crippen molar-refractivity contribution in [2.75, 3.05) is 5.32 Å². The van der Waals surface area contributed by atoms with Crippen LogP contribution in [0.5, 0.6) is 0 Å². The number of benzene rings is 2. The van der Waals surface area contributed by atoms with E-state index in [1.807, 2.05) is 19.1 Å². The molecule has 0 radical (unpaired) electrons. The monoisotopic (exact) mass is 341 g/mol. The molecule has 0 aliphatic heterocycles. The minimum Gasteiger partial charge on any atom is -0.321 e. The first-order valence-electron chi connectivity index (χ1n) is 5.51. The van der Waals surface area contributed by atoms with Crippen LogP contribution in [0.3, 0.4) is 0 Å². The zero-order valence-corrected chi connectivity index (χ0v) is 12.3. The number of rotatable bonds is 2. The van der Waals surface area contributed by atoms with Gasteiger partial charge in [0, 0.05) is 4.47 Å². The molecule has 2 aromatic carbocycles. The number of hydrogen-bond donors (Lipinski definition) is 1. The molecule has 5 heteroatoms. The van der Waals surface area contributed by atoms with Gasteiger partial charge in [0.2, 0.25) is 0 Å². The van der Waals surface area contributed by atoms with Crippen molar-refractivity contribution in [1.82, 2.24) is 0 Å². The molecule has 0 unspecified atom stereocenters. The number of anilines is 1. The number of carbonyl (C=O) groups is 1. The van der Waals surface area contributed by atoms with Crippen LogP contribution in [0.4, 0.5) is 10.1 Å². The molecule has 0 fully saturated rings. The fraction of sp³-hybridized carbons (Fsp3) is 0.0714. The van der Waals surface area contributed by atoms with Crippen LogP contribution < -0.4 is 5.32 Å². The summed E-state index contributed by atoms with van der Waals surface area (Å²) in [5.74, 6) is -1.06. The maximum absolute atomic E-state index is 13.3. The second kappa shape index (κ2) is 5.72. The summed E-state index contributed by atoms with van der Waals surface area (Å²) in [5.41, 5.74) is 1.71. The Morgan fingerprint density at radius 3 is 2.68 bits per heavy atom. The number of amides is 1. The lowest BCUT2D eigenvalue weighted by Gasteiger charge is -2.10. The summed E-state index contributed by atoms with van der Waals surface area (Å²) in [4.78, 5) is 12.1. The van der Waals surface area contributed by atoms with Crippen molar-refractivity contribution < 1.29 is 9.18 Å². The summed E-state index contributed by atoms with van der Waals surface area (Å²) < 4.78 is 14.1. The van der Waals surface area contributed by atoms with Gasteiger partial charge >= 0.3 is 0 Å². The maximum Gasteiger partial charge on any atom is 0.257 e. The molecule has 98 valence electrons. The van der Waals surface area contributed by atoms with Crippen LogP contribution in [0.2, 0.25) is 5.02 Å². The number of halogens is 3. The van der Waals surface area contributed by atoms with Gasteiger partial charge in [0.25, 0.3) is 5.91 Å². The lowest BCUT2D eigenvalue weighted by atomic mass is 10.2. The SMILES string of the molecule is Cc1cccc(NC(=O)c2cccc(F)c2Cl)c1Br. The average molecular weight is 343 g/mol. The highest BCUT2D eigenvalue weighted by Gasteiger charge is 2.14. The van der Waals surface area contributed by atoms with E-state index in [2.05, 4.69) is 21.2 Å². The second-order valence-corrected chi connectivity index (χ2v) is 5.16. The van der Waals surface area contributed by atoms with Gasteiger partial charge in [0.15, 0.2) is 0 Å². The van der Waals surface area contributed by atoms with Crippen molar-refractivity contribution >= 4 is 39.1 Å². The molecule has 1 amide bonds. The number of carbonyl (C=O) groups excluding carboxylic acids is 1. The van der Waals surface area contributed by atoms with Crippen LogP contribution in [-0.4, -0.2) is 5.91 Å². The summed E-state index contributed by atoms with van der Waals surface area (Å²) in [7, 11) is 0. The van der Waals surface area contributed by atoms with E-state index < -0.39 is 11.7 Å². The Hall–Kier alpha value is -1.39. The fourth-order valence-corrected chi connectivity index (χ4v) is 2.19. The lowest BCUT2D eigenvalue weighted by Crippen LogP contribution is -2.13. The molecule has 2 aromatic rings. The van der Waals surface area contributed by atoms with Crippen molar-refractivity contribution in [2.24, 2.45) is 0 Å². The summed E-state index contributed by atoms with van der Waals surface area (Å²) in [6.45, 7) is 1.91. The van der Waals surface area contributed by atoms with Crippen molar-refractivity contribution in [3.8, 4) is 0 Å². The van der Waals surface area contributed by atoms with Crippen LogP contribution in [-0.2, 0) is 0 Å². The molecule has 2 nitrogen and oxygen atoms in total. The molecule has 0 saturated heterocycles. The normalized spacial score (nSPS) is 10.3. The topological polar surface area (TPSA) is 29.1 Å². The van der Waals surface area contributed by atoms with Gasteiger partial charge in [0.05, 0.1) is 16.3 Å². The summed E-state index contributed by atoms with van der Waals surface area (Å²) in [5, 5.41) is 2.52. The molecule has 0 atom stereocenters. The molecule has 0 aromatic heterocycles. The van der Waals surface area contributed by atoms with E-state index in [0.717, 1.165) is 10.0 Å². The second-order valence-electron chi connectivity index (χ2n) is 3.99. The predicted molar refractivity (Wildman–Crippen MR) is 78.2 cm³/mol. The maximum atomic E-state index is 13.3. The third kappa shape index (κ3) is 2.96. The lowest BCUT2D eigenvalue weighted by molar-refractivity contribution is 0.102. The van der Waals surface area contributed by atoms with Crippen LogP contribution in [0.25, 0.3) is 0 Å². The van der Waals surface area contributed by atoms with E-state index in [0.29, 0.717) is 5.69 Å². The average Bonchev–Trinajstić information content (AvgIpc) is 2.38. The molecular formula is C14H10BrClFNO. The Morgan fingerprint density at radius 1 is 1.26 bits per heavy atom. The summed E-state index contributed by atoms with van der Waals surface area (Å²) in [6.07, 6.45) is 0. The van der Waals surface area contributed by atoms with E-state index >= 15 is 0 Å². The van der Waals surface area contributed by atoms with E-state index in [-0.39, 0.29) is 10.6 Å². The van der Waals surface area contributed by atoms with Gasteiger partial charge in [-0.2, -0.15) is 0 Å². The first kappa shape index (κ1) is 14.0. The zero-order valence-electron chi connectivity index (χ0n) is 10.0. The van der Waals surface area contributed by atoms with Gasteiger partial charge in [-0.1, -0.05) is 29.8 Å². The minimum atomic E-state index is -0.613. The predicted octanol–water partition coefficient (Wildman–Crippen LogP) is 4.80. The van der Waals surface area contributed by atoms with E-state index in [9.17, 15) is 9.18 Å². The molecule has 0 aliphatic rings. The smallest absolute Gasteiger partial charge is 0.257 e. The number of aryl methyl sites for hydroxylation is 1. The van der Waals surface area contributed by atoms with Gasteiger partial charge in [-0.3, -0.25) is 4.79 Å². The largest absolute Gasteiger partial charge is 0.321 e. The molecule has 1 N–H and O–H groups in total. The van der Waals surface area contributed by atoms with Gasteiger partial charge in [-0.25, -0.2) is 4.39 Å². The highest BCUT2D eigenvalue weighted by atomic mass is 79.9. The first-order chi connectivity index (χ1) is 9.00. The highest BCUT2D eigenvalue weighted by molar-refractivity contribution is 9.10. The van der Waals surface area contributed by atoms with Crippen molar-refractivity contribution in [2.45, 2.75) is 6.92 Å². The standard InChI is InChI=1S/C14H10BrClFNO/c1-8-4-2-7-11(12(8)15)18-14(19)9-5-3-6-10(17)13(9)16/h2-7H,1H3,(H,18,19). The van der Waals surface area contributed by atoms with Crippen molar-refractivity contribution in [3.63, 3.8) is 0 Å². The van der Waals surface area contributed by atoms with E-state index in [1.54, 1.807) is 6.07 Å². The molecule has 0 spiro atoms. The first-order valence-corrected chi connectivity index (χ1v) is 6.68. The van der Waals surface area contributed by atoms with Crippen LogP contribution in [0.15, 0.2) is 40.9 Å². The van der Waals surface area contributed by atoms with Crippen LogP contribution in [0.1, 0.15) is 15.9 Å². The van der Waals surface area contributed by atoms with Gasteiger partial charge in [-0.15, -0.1) is 0 Å². The molecule has 2 rings (SSSR count). The quantitative estimate of drug-likeness (QED) is 0.834. The van der Waals surface area contributed by atoms with E-state index in [1.165, 1.54) is 18.2 Å². The Morgan fingerprint density at radius 2 is 1.95 bits per heavy atom. The Bertz CT molecular complexity index is 645. The molecule has 0 heterocycles. The zero-order chi connectivity index (χ0) is 14.0. The molecule has 19 heavy (non-hydrogen) atoms. The third-order valence-electron chi connectivity index (χ3n) is 2.64. The molecule has 0 saturated carbocycles. The Labute approximate surface area is 123 Å². The fourth-order valence-electron chi connectivity index (χ4n) is 1.61.